The van der Waals surface area contributed by atoms with Crippen LogP contribution < -0.4 is 10.6 Å². The summed E-state index contributed by atoms with van der Waals surface area (Å²) in [6, 6.07) is 0.0221. The third-order valence-corrected chi connectivity index (χ3v) is 6.57. The molecule has 1 atom stereocenters. The lowest BCUT2D eigenvalue weighted by Gasteiger charge is -2.17. The van der Waals surface area contributed by atoms with Crippen molar-refractivity contribution in [3.63, 3.8) is 0 Å². The molecule has 0 spiro atoms. The molecular formula is C14H25N3O2S. The van der Waals surface area contributed by atoms with Crippen LogP contribution in [0.3, 0.4) is 0 Å². The van der Waals surface area contributed by atoms with Crippen LogP contribution in [0.2, 0.25) is 0 Å². The lowest BCUT2D eigenvalue weighted by Crippen LogP contribution is -2.44. The van der Waals surface area contributed by atoms with Gasteiger partial charge in [-0.3, -0.25) is 4.99 Å². The number of aliphatic imine (C=N–C) groups is 1. The van der Waals surface area contributed by atoms with Gasteiger partial charge >= 0.3 is 0 Å². The maximum absolute atomic E-state index is 11.5. The zero-order valence-corrected chi connectivity index (χ0v) is 13.0. The fourth-order valence-corrected chi connectivity index (χ4v) is 4.88. The number of sulfone groups is 1. The van der Waals surface area contributed by atoms with E-state index >= 15 is 0 Å². The Morgan fingerprint density at radius 2 is 2.05 bits per heavy atom. The molecule has 1 heterocycles. The van der Waals surface area contributed by atoms with Crippen LogP contribution >= 0.6 is 0 Å². The van der Waals surface area contributed by atoms with Crippen molar-refractivity contribution in [3.05, 3.63) is 0 Å². The van der Waals surface area contributed by atoms with Crippen LogP contribution in [-0.2, 0) is 9.84 Å². The van der Waals surface area contributed by atoms with Crippen LogP contribution in [0.4, 0.5) is 0 Å². The number of nitrogens with zero attached hydrogens (tertiary/aromatic N) is 1. The monoisotopic (exact) mass is 299 g/mol. The van der Waals surface area contributed by atoms with E-state index < -0.39 is 9.84 Å². The highest BCUT2D eigenvalue weighted by atomic mass is 32.2. The highest BCUT2D eigenvalue weighted by molar-refractivity contribution is 7.91. The second-order valence-corrected chi connectivity index (χ2v) is 8.80. The molecule has 1 saturated heterocycles. The average molecular weight is 299 g/mol. The Balaban J connectivity index is 1.57. The molecule has 3 fully saturated rings. The second-order valence-electron chi connectivity index (χ2n) is 6.58. The van der Waals surface area contributed by atoms with Gasteiger partial charge in [-0.05, 0) is 50.4 Å². The summed E-state index contributed by atoms with van der Waals surface area (Å²) in [7, 11) is -2.84. The summed E-state index contributed by atoms with van der Waals surface area (Å²) in [5.74, 6) is 2.24. The van der Waals surface area contributed by atoms with Crippen molar-refractivity contribution >= 4 is 15.8 Å². The minimum absolute atomic E-state index is 0.0221. The number of rotatable bonds is 5. The Morgan fingerprint density at radius 3 is 2.55 bits per heavy atom. The molecule has 2 N–H and O–H groups in total. The van der Waals surface area contributed by atoms with Crippen LogP contribution in [0.25, 0.3) is 0 Å². The van der Waals surface area contributed by atoms with Crippen molar-refractivity contribution in [1.82, 2.24) is 10.6 Å². The number of nitrogens with one attached hydrogen (secondary N) is 2. The lowest BCUT2D eigenvalue weighted by atomic mass is 10.0. The van der Waals surface area contributed by atoms with Gasteiger partial charge in [-0.1, -0.05) is 0 Å². The molecule has 2 saturated carbocycles. The fraction of sp³-hybridized carbons (Fsp3) is 0.929. The molecular weight excluding hydrogens is 274 g/mol. The van der Waals surface area contributed by atoms with E-state index in [0.717, 1.165) is 25.0 Å². The first-order valence-electron chi connectivity index (χ1n) is 7.78. The maximum atomic E-state index is 11.5. The van der Waals surface area contributed by atoms with Crippen molar-refractivity contribution in [2.45, 2.75) is 45.1 Å². The van der Waals surface area contributed by atoms with Crippen molar-refractivity contribution < 1.29 is 8.42 Å². The number of hydrogen-bond donors (Lipinski definition) is 2. The third kappa shape index (κ3) is 3.27. The normalized spacial score (nSPS) is 31.1. The van der Waals surface area contributed by atoms with Gasteiger partial charge in [-0.25, -0.2) is 8.42 Å². The molecule has 0 amide bonds. The van der Waals surface area contributed by atoms with Crippen molar-refractivity contribution in [1.29, 1.82) is 0 Å². The molecule has 20 heavy (non-hydrogen) atoms. The molecule has 6 heteroatoms. The molecule has 2 aliphatic carbocycles. The molecule has 0 aromatic rings. The first-order chi connectivity index (χ1) is 9.53. The second kappa shape index (κ2) is 5.20. The molecule has 3 rings (SSSR count). The van der Waals surface area contributed by atoms with E-state index in [1.54, 1.807) is 0 Å². The van der Waals surface area contributed by atoms with E-state index in [-0.39, 0.29) is 11.8 Å². The Hall–Kier alpha value is -0.780. The molecule has 1 unspecified atom stereocenters. The first kappa shape index (κ1) is 14.2. The molecule has 3 aliphatic rings. The summed E-state index contributed by atoms with van der Waals surface area (Å²) >= 11 is 0. The predicted molar refractivity (Wildman–Crippen MR) is 80.6 cm³/mol. The molecule has 5 nitrogen and oxygen atoms in total. The Kier molecular flexibility index (Phi) is 3.69. The van der Waals surface area contributed by atoms with E-state index in [0.29, 0.717) is 17.6 Å². The van der Waals surface area contributed by atoms with Gasteiger partial charge in [-0.15, -0.1) is 0 Å². The van der Waals surface area contributed by atoms with Crippen LogP contribution in [0.1, 0.15) is 39.0 Å². The summed E-state index contributed by atoms with van der Waals surface area (Å²) in [4.78, 5) is 4.72. The maximum Gasteiger partial charge on any atom is 0.191 e. The standard InChI is InChI=1S/C14H25N3O2S/c1-2-15-13(17-12-5-8-20(18,19)9-12)16-10-14(6-7-14)11-3-4-11/h11-12H,2-10H2,1H3,(H2,15,16,17). The van der Waals surface area contributed by atoms with Gasteiger partial charge in [-0.2, -0.15) is 0 Å². The summed E-state index contributed by atoms with van der Waals surface area (Å²) < 4.78 is 23.0. The molecule has 0 aromatic heterocycles. The highest BCUT2D eigenvalue weighted by Gasteiger charge is 2.53. The highest BCUT2D eigenvalue weighted by Crippen LogP contribution is 2.61. The van der Waals surface area contributed by atoms with Crippen LogP contribution in [0, 0.1) is 11.3 Å². The van der Waals surface area contributed by atoms with Gasteiger partial charge in [0.2, 0.25) is 0 Å². The van der Waals surface area contributed by atoms with Crippen LogP contribution in [-0.4, -0.2) is 45.0 Å². The van der Waals surface area contributed by atoms with Gasteiger partial charge in [0.1, 0.15) is 0 Å². The number of hydrogen-bond acceptors (Lipinski definition) is 3. The average Bonchev–Trinajstić information content (AvgIpc) is 3.25. The van der Waals surface area contributed by atoms with E-state index in [4.69, 9.17) is 4.99 Å². The third-order valence-electron chi connectivity index (χ3n) is 4.81. The summed E-state index contributed by atoms with van der Waals surface area (Å²) in [5, 5.41) is 6.53. The Morgan fingerprint density at radius 1 is 1.30 bits per heavy atom. The SMILES string of the molecule is CCNC(=NCC1(C2CC2)CC1)NC1CCS(=O)(=O)C1. The lowest BCUT2D eigenvalue weighted by molar-refractivity contribution is 0.452. The van der Waals surface area contributed by atoms with E-state index in [1.165, 1.54) is 25.7 Å². The van der Waals surface area contributed by atoms with E-state index in [1.807, 2.05) is 6.92 Å². The smallest absolute Gasteiger partial charge is 0.191 e. The quantitative estimate of drug-likeness (QED) is 0.585. The Bertz CT molecular complexity index is 493. The molecule has 0 aromatic carbocycles. The first-order valence-corrected chi connectivity index (χ1v) is 9.60. The van der Waals surface area contributed by atoms with Gasteiger partial charge in [0.15, 0.2) is 15.8 Å². The molecule has 0 radical (unpaired) electrons. The molecule has 114 valence electrons. The predicted octanol–water partition coefficient (Wildman–Crippen LogP) is 0.919. The van der Waals surface area contributed by atoms with Crippen LogP contribution in [0.5, 0.6) is 0 Å². The fourth-order valence-electron chi connectivity index (χ4n) is 3.21. The van der Waals surface area contributed by atoms with E-state index in [9.17, 15) is 8.42 Å². The summed E-state index contributed by atoms with van der Waals surface area (Å²) in [5.41, 5.74) is 0.490. The zero-order valence-electron chi connectivity index (χ0n) is 12.2. The summed E-state index contributed by atoms with van der Waals surface area (Å²) in [6.45, 7) is 3.74. The van der Waals surface area contributed by atoms with Crippen molar-refractivity contribution in [2.24, 2.45) is 16.3 Å². The molecule has 1 aliphatic heterocycles. The number of guanidine groups is 1. The topological polar surface area (TPSA) is 70.6 Å². The Labute approximate surface area is 121 Å². The van der Waals surface area contributed by atoms with Gasteiger partial charge < -0.3 is 10.6 Å². The minimum atomic E-state index is -2.84. The van der Waals surface area contributed by atoms with Gasteiger partial charge in [0.05, 0.1) is 11.5 Å². The minimum Gasteiger partial charge on any atom is -0.357 e. The zero-order chi connectivity index (χ0) is 14.2. The van der Waals surface area contributed by atoms with Crippen molar-refractivity contribution in [3.8, 4) is 0 Å². The van der Waals surface area contributed by atoms with E-state index in [2.05, 4.69) is 10.6 Å². The summed E-state index contributed by atoms with van der Waals surface area (Å²) in [6.07, 6.45) is 6.08. The van der Waals surface area contributed by atoms with Gasteiger partial charge in [0.25, 0.3) is 0 Å². The van der Waals surface area contributed by atoms with Crippen molar-refractivity contribution in [2.75, 3.05) is 24.6 Å². The van der Waals surface area contributed by atoms with Gasteiger partial charge in [0, 0.05) is 19.1 Å². The molecule has 0 bridgehead atoms. The van der Waals surface area contributed by atoms with Crippen LogP contribution in [0.15, 0.2) is 4.99 Å². The largest absolute Gasteiger partial charge is 0.357 e.